The quantitative estimate of drug-likeness (QED) is 0.360. The second-order valence-electron chi connectivity index (χ2n) is 9.08. The normalized spacial score (nSPS) is 16.2. The standard InChI is InChI=1S/C27H25ClN4O3S3/c28-19-7-5-17(6-8-19)20-3-1-2-4-21(20)29-25(35)22-15-37-26(30-22)18-9-12-31(13-10-18)23(33)11-14-32-24(34)16-38-27(32)36/h1-8,15,18H,9-14,16H2,(H,29,35). The molecule has 196 valence electrons. The van der Waals surface area contributed by atoms with Gasteiger partial charge in [0.2, 0.25) is 11.8 Å². The van der Waals surface area contributed by atoms with E-state index in [4.69, 9.17) is 23.8 Å². The number of carbonyl (C=O) groups is 3. The lowest BCUT2D eigenvalue weighted by Gasteiger charge is -2.31. The van der Waals surface area contributed by atoms with Gasteiger partial charge < -0.3 is 10.2 Å². The van der Waals surface area contributed by atoms with Gasteiger partial charge in [-0.15, -0.1) is 11.3 Å². The fourth-order valence-electron chi connectivity index (χ4n) is 4.58. The van der Waals surface area contributed by atoms with Gasteiger partial charge in [-0.1, -0.05) is 65.9 Å². The molecular formula is C27H25ClN4O3S3. The van der Waals surface area contributed by atoms with E-state index in [0.29, 0.717) is 46.1 Å². The first kappa shape index (κ1) is 26.8. The summed E-state index contributed by atoms with van der Waals surface area (Å²) >= 11 is 14.0. The average Bonchev–Trinajstić information content (AvgIpc) is 3.55. The fourth-order valence-corrected chi connectivity index (χ4v) is 6.80. The molecule has 11 heteroatoms. The number of para-hydroxylation sites is 1. The van der Waals surface area contributed by atoms with E-state index in [9.17, 15) is 14.4 Å². The van der Waals surface area contributed by atoms with Crippen molar-refractivity contribution in [3.05, 3.63) is 69.6 Å². The molecule has 0 aliphatic carbocycles. The molecule has 0 spiro atoms. The van der Waals surface area contributed by atoms with E-state index in [0.717, 1.165) is 29.0 Å². The third-order valence-corrected chi connectivity index (χ3v) is 9.36. The van der Waals surface area contributed by atoms with Crippen LogP contribution >= 0.6 is 46.9 Å². The largest absolute Gasteiger partial charge is 0.343 e. The van der Waals surface area contributed by atoms with Gasteiger partial charge in [0.1, 0.15) is 10.0 Å². The van der Waals surface area contributed by atoms with Crippen molar-refractivity contribution >= 4 is 74.6 Å². The van der Waals surface area contributed by atoms with E-state index < -0.39 is 0 Å². The van der Waals surface area contributed by atoms with Gasteiger partial charge in [-0.25, -0.2) is 4.98 Å². The van der Waals surface area contributed by atoms with E-state index >= 15 is 0 Å². The number of likely N-dealkylation sites (tertiary alicyclic amines) is 1. The Bertz CT molecular complexity index is 1350. The predicted octanol–water partition coefficient (Wildman–Crippen LogP) is 5.67. The van der Waals surface area contributed by atoms with Crippen LogP contribution in [0.1, 0.15) is 40.7 Å². The monoisotopic (exact) mass is 584 g/mol. The van der Waals surface area contributed by atoms with E-state index in [1.807, 2.05) is 53.4 Å². The number of anilines is 1. The van der Waals surface area contributed by atoms with Crippen LogP contribution in [0.25, 0.3) is 11.1 Å². The highest BCUT2D eigenvalue weighted by atomic mass is 35.5. The molecule has 3 aromatic rings. The number of nitrogens with one attached hydrogen (secondary N) is 1. The van der Waals surface area contributed by atoms with Crippen molar-refractivity contribution in [2.45, 2.75) is 25.2 Å². The molecule has 0 radical (unpaired) electrons. The molecule has 7 nitrogen and oxygen atoms in total. The molecule has 5 rings (SSSR count). The second kappa shape index (κ2) is 11.9. The molecule has 1 N–H and O–H groups in total. The fraction of sp³-hybridized carbons (Fsp3) is 0.296. The number of thioether (sulfide) groups is 1. The average molecular weight is 585 g/mol. The Morgan fingerprint density at radius 3 is 2.55 bits per heavy atom. The Kier molecular flexibility index (Phi) is 8.42. The summed E-state index contributed by atoms with van der Waals surface area (Å²) in [7, 11) is 0. The number of hydrogen-bond acceptors (Lipinski definition) is 7. The summed E-state index contributed by atoms with van der Waals surface area (Å²) in [5.74, 6) is 0.324. The molecule has 2 saturated heterocycles. The molecule has 2 fully saturated rings. The molecule has 2 aromatic carbocycles. The van der Waals surface area contributed by atoms with Crippen molar-refractivity contribution in [2.24, 2.45) is 0 Å². The number of thiazole rings is 1. The second-order valence-corrected chi connectivity index (χ2v) is 12.0. The van der Waals surface area contributed by atoms with Crippen LogP contribution in [-0.4, -0.2) is 62.2 Å². The topological polar surface area (TPSA) is 82.6 Å². The highest BCUT2D eigenvalue weighted by molar-refractivity contribution is 8.23. The van der Waals surface area contributed by atoms with Gasteiger partial charge >= 0.3 is 0 Å². The smallest absolute Gasteiger partial charge is 0.275 e. The van der Waals surface area contributed by atoms with Crippen LogP contribution in [0.3, 0.4) is 0 Å². The third-order valence-electron chi connectivity index (χ3n) is 6.67. The van der Waals surface area contributed by atoms with E-state index in [2.05, 4.69) is 10.3 Å². The first-order chi connectivity index (χ1) is 18.4. The van der Waals surface area contributed by atoms with Gasteiger partial charge in [0, 0.05) is 53.6 Å². The van der Waals surface area contributed by atoms with E-state index in [1.54, 1.807) is 5.38 Å². The number of nitrogens with zero attached hydrogens (tertiary/aromatic N) is 3. The van der Waals surface area contributed by atoms with Crippen LogP contribution < -0.4 is 5.32 Å². The SMILES string of the molecule is O=C(Nc1ccccc1-c1ccc(Cl)cc1)c1csc(C2CCN(C(=O)CCN3C(=O)CSC3=S)CC2)n1. The van der Waals surface area contributed by atoms with Crippen LogP contribution in [0.5, 0.6) is 0 Å². The molecule has 2 aliphatic heterocycles. The summed E-state index contributed by atoms with van der Waals surface area (Å²) in [4.78, 5) is 45.6. The summed E-state index contributed by atoms with van der Waals surface area (Å²) in [5, 5.41) is 6.37. The van der Waals surface area contributed by atoms with Crippen LogP contribution in [0.4, 0.5) is 5.69 Å². The molecule has 2 aliphatic rings. The lowest BCUT2D eigenvalue weighted by molar-refractivity contribution is -0.132. The Labute approximate surface area is 239 Å². The minimum atomic E-state index is -0.255. The summed E-state index contributed by atoms with van der Waals surface area (Å²) in [6.07, 6.45) is 1.85. The number of halogens is 1. The maximum Gasteiger partial charge on any atom is 0.275 e. The zero-order chi connectivity index (χ0) is 26.6. The minimum Gasteiger partial charge on any atom is -0.343 e. The van der Waals surface area contributed by atoms with Gasteiger partial charge in [0.25, 0.3) is 5.91 Å². The number of rotatable bonds is 7. The Hall–Kier alpha value is -2.79. The first-order valence-corrected chi connectivity index (χ1v) is 14.9. The molecule has 1 aromatic heterocycles. The summed E-state index contributed by atoms with van der Waals surface area (Å²) in [6.45, 7) is 1.61. The van der Waals surface area contributed by atoms with Crippen LogP contribution in [0.15, 0.2) is 53.9 Å². The van der Waals surface area contributed by atoms with Gasteiger partial charge in [-0.2, -0.15) is 0 Å². The third kappa shape index (κ3) is 6.09. The maximum absolute atomic E-state index is 13.0. The number of hydrogen-bond donors (Lipinski definition) is 1. The van der Waals surface area contributed by atoms with Crippen molar-refractivity contribution in [2.75, 3.05) is 30.7 Å². The Balaban J connectivity index is 1.16. The van der Waals surface area contributed by atoms with Gasteiger partial charge in [0.05, 0.1) is 10.8 Å². The first-order valence-electron chi connectivity index (χ1n) is 12.3. The lowest BCUT2D eigenvalue weighted by Crippen LogP contribution is -2.40. The van der Waals surface area contributed by atoms with Crippen molar-refractivity contribution in [3.63, 3.8) is 0 Å². The lowest BCUT2D eigenvalue weighted by atomic mass is 9.97. The Morgan fingerprint density at radius 2 is 1.84 bits per heavy atom. The van der Waals surface area contributed by atoms with Crippen molar-refractivity contribution in [1.29, 1.82) is 0 Å². The summed E-state index contributed by atoms with van der Waals surface area (Å²) in [5.41, 5.74) is 2.95. The molecule has 0 unspecified atom stereocenters. The number of carbonyl (C=O) groups excluding carboxylic acids is 3. The van der Waals surface area contributed by atoms with Gasteiger partial charge in [0.15, 0.2) is 0 Å². The minimum absolute atomic E-state index is 0.0245. The van der Waals surface area contributed by atoms with Crippen molar-refractivity contribution in [3.8, 4) is 11.1 Å². The summed E-state index contributed by atoms with van der Waals surface area (Å²) < 4.78 is 0.554. The molecule has 0 bridgehead atoms. The molecule has 3 heterocycles. The van der Waals surface area contributed by atoms with E-state index in [-0.39, 0.29) is 30.1 Å². The Morgan fingerprint density at radius 1 is 1.11 bits per heavy atom. The molecular weight excluding hydrogens is 560 g/mol. The molecule has 0 atom stereocenters. The van der Waals surface area contributed by atoms with Gasteiger partial charge in [-0.3, -0.25) is 19.3 Å². The van der Waals surface area contributed by atoms with Crippen molar-refractivity contribution in [1.82, 2.24) is 14.8 Å². The molecule has 3 amide bonds. The number of piperidine rings is 1. The highest BCUT2D eigenvalue weighted by Crippen LogP contribution is 2.32. The molecule has 0 saturated carbocycles. The highest BCUT2D eigenvalue weighted by Gasteiger charge is 2.29. The van der Waals surface area contributed by atoms with Crippen LogP contribution in [0, 0.1) is 0 Å². The number of benzene rings is 2. The number of amides is 3. The zero-order valence-electron chi connectivity index (χ0n) is 20.4. The predicted molar refractivity (Wildman–Crippen MR) is 157 cm³/mol. The van der Waals surface area contributed by atoms with Crippen LogP contribution in [0.2, 0.25) is 5.02 Å². The number of thiocarbonyl (C=S) groups is 1. The number of aromatic nitrogens is 1. The van der Waals surface area contributed by atoms with E-state index in [1.165, 1.54) is 28.0 Å². The van der Waals surface area contributed by atoms with Crippen LogP contribution in [-0.2, 0) is 9.59 Å². The maximum atomic E-state index is 13.0. The summed E-state index contributed by atoms with van der Waals surface area (Å²) in [6, 6.07) is 15.1. The van der Waals surface area contributed by atoms with Crippen molar-refractivity contribution < 1.29 is 14.4 Å². The zero-order valence-corrected chi connectivity index (χ0v) is 23.6. The molecule has 38 heavy (non-hydrogen) atoms. The van der Waals surface area contributed by atoms with Gasteiger partial charge in [-0.05, 0) is 36.6 Å².